The molecule has 3 heteroatoms. The van der Waals surface area contributed by atoms with Gasteiger partial charge in [-0.1, -0.05) is 18.2 Å². The van der Waals surface area contributed by atoms with Crippen LogP contribution in [0.15, 0.2) is 30.3 Å². The predicted octanol–water partition coefficient (Wildman–Crippen LogP) is 0.850. The second-order valence-electron chi connectivity index (χ2n) is 3.51. The van der Waals surface area contributed by atoms with E-state index in [9.17, 15) is 0 Å². The molecule has 76 valence electrons. The first-order chi connectivity index (χ1) is 6.90. The van der Waals surface area contributed by atoms with Crippen molar-refractivity contribution >= 4 is 5.69 Å². The van der Waals surface area contributed by atoms with Crippen molar-refractivity contribution in [3.05, 3.63) is 30.3 Å². The van der Waals surface area contributed by atoms with Crippen LogP contribution in [0.25, 0.3) is 0 Å². The average molecular weight is 192 g/mol. The van der Waals surface area contributed by atoms with Gasteiger partial charge < -0.3 is 15.4 Å². The lowest BCUT2D eigenvalue weighted by Gasteiger charge is -2.33. The lowest BCUT2D eigenvalue weighted by molar-refractivity contribution is 0.0466. The van der Waals surface area contributed by atoms with Gasteiger partial charge in [0.2, 0.25) is 0 Å². The first-order valence-corrected chi connectivity index (χ1v) is 5.02. The molecule has 1 atom stereocenters. The Morgan fingerprint density at radius 3 is 2.86 bits per heavy atom. The minimum absolute atomic E-state index is 0.184. The summed E-state index contributed by atoms with van der Waals surface area (Å²) in [5.74, 6) is 0. The molecule has 0 spiro atoms. The molecule has 0 unspecified atom stereocenters. The van der Waals surface area contributed by atoms with E-state index in [0.717, 1.165) is 19.7 Å². The van der Waals surface area contributed by atoms with Crippen molar-refractivity contribution in [3.8, 4) is 0 Å². The molecule has 1 aromatic carbocycles. The van der Waals surface area contributed by atoms with Gasteiger partial charge in [-0.2, -0.15) is 0 Å². The number of nitrogens with two attached hydrogens (primary N) is 1. The molecule has 14 heavy (non-hydrogen) atoms. The Bertz CT molecular complexity index is 276. The van der Waals surface area contributed by atoms with E-state index in [1.165, 1.54) is 5.69 Å². The Morgan fingerprint density at radius 1 is 1.36 bits per heavy atom. The summed E-state index contributed by atoms with van der Waals surface area (Å²) >= 11 is 0. The van der Waals surface area contributed by atoms with Gasteiger partial charge in [0.15, 0.2) is 0 Å². The molecule has 1 saturated heterocycles. The highest BCUT2D eigenvalue weighted by Gasteiger charge is 2.18. The molecule has 2 rings (SSSR count). The number of anilines is 1. The van der Waals surface area contributed by atoms with Gasteiger partial charge in [0.05, 0.1) is 12.7 Å². The summed E-state index contributed by atoms with van der Waals surface area (Å²) in [7, 11) is 0. The fraction of sp³-hybridized carbons (Fsp3) is 0.455. The number of ether oxygens (including phenoxy) is 1. The lowest BCUT2D eigenvalue weighted by atomic mass is 10.2. The zero-order valence-electron chi connectivity index (χ0n) is 8.23. The highest BCUT2D eigenvalue weighted by atomic mass is 16.5. The molecule has 0 amide bonds. The predicted molar refractivity (Wildman–Crippen MR) is 57.4 cm³/mol. The number of morpholine rings is 1. The van der Waals surface area contributed by atoms with E-state index in [4.69, 9.17) is 10.5 Å². The van der Waals surface area contributed by atoms with E-state index < -0.39 is 0 Å². The van der Waals surface area contributed by atoms with E-state index in [-0.39, 0.29) is 6.10 Å². The maximum Gasteiger partial charge on any atom is 0.0872 e. The molecular formula is C11H16N2O. The summed E-state index contributed by atoms with van der Waals surface area (Å²) in [6, 6.07) is 10.4. The normalized spacial score (nSPS) is 22.4. The SMILES string of the molecule is NC[C@H]1CN(c2ccccc2)CCO1. The van der Waals surface area contributed by atoms with Gasteiger partial charge in [0.25, 0.3) is 0 Å². The van der Waals surface area contributed by atoms with Crippen LogP contribution in [0.5, 0.6) is 0 Å². The smallest absolute Gasteiger partial charge is 0.0872 e. The molecular weight excluding hydrogens is 176 g/mol. The van der Waals surface area contributed by atoms with Crippen LogP contribution >= 0.6 is 0 Å². The number of nitrogens with zero attached hydrogens (tertiary/aromatic N) is 1. The van der Waals surface area contributed by atoms with Crippen molar-refractivity contribution in [2.75, 3.05) is 31.1 Å². The van der Waals surface area contributed by atoms with Crippen molar-refractivity contribution in [1.82, 2.24) is 0 Å². The molecule has 0 aliphatic carbocycles. The zero-order valence-corrected chi connectivity index (χ0v) is 8.23. The summed E-state index contributed by atoms with van der Waals surface area (Å²) in [5, 5.41) is 0. The van der Waals surface area contributed by atoms with E-state index in [2.05, 4.69) is 29.2 Å². The highest BCUT2D eigenvalue weighted by Crippen LogP contribution is 2.16. The van der Waals surface area contributed by atoms with Gasteiger partial charge in [0.1, 0.15) is 0 Å². The fourth-order valence-electron chi connectivity index (χ4n) is 1.74. The average Bonchev–Trinajstić information content (AvgIpc) is 2.30. The maximum absolute atomic E-state index is 5.59. The molecule has 0 radical (unpaired) electrons. The van der Waals surface area contributed by atoms with Crippen molar-refractivity contribution in [2.45, 2.75) is 6.10 Å². The third-order valence-electron chi connectivity index (χ3n) is 2.52. The third-order valence-corrected chi connectivity index (χ3v) is 2.52. The number of hydrogen-bond donors (Lipinski definition) is 1. The van der Waals surface area contributed by atoms with Gasteiger partial charge in [-0.25, -0.2) is 0 Å². The Balaban J connectivity index is 2.04. The summed E-state index contributed by atoms with van der Waals surface area (Å²) in [6.45, 7) is 3.24. The fourth-order valence-corrected chi connectivity index (χ4v) is 1.74. The number of benzene rings is 1. The van der Waals surface area contributed by atoms with Gasteiger partial charge in [-0.15, -0.1) is 0 Å². The molecule has 0 saturated carbocycles. The Kier molecular flexibility index (Phi) is 3.01. The van der Waals surface area contributed by atoms with E-state index in [1.807, 2.05) is 6.07 Å². The van der Waals surface area contributed by atoms with Crippen molar-refractivity contribution < 1.29 is 4.74 Å². The number of para-hydroxylation sites is 1. The minimum Gasteiger partial charge on any atom is -0.373 e. The van der Waals surface area contributed by atoms with Crippen LogP contribution in [0.3, 0.4) is 0 Å². The van der Waals surface area contributed by atoms with Crippen LogP contribution in [0.4, 0.5) is 5.69 Å². The van der Waals surface area contributed by atoms with Gasteiger partial charge in [-0.05, 0) is 12.1 Å². The second-order valence-corrected chi connectivity index (χ2v) is 3.51. The van der Waals surface area contributed by atoms with Crippen LogP contribution in [0.2, 0.25) is 0 Å². The molecule has 1 fully saturated rings. The van der Waals surface area contributed by atoms with Crippen molar-refractivity contribution in [1.29, 1.82) is 0 Å². The first kappa shape index (κ1) is 9.49. The highest BCUT2D eigenvalue weighted by molar-refractivity contribution is 5.46. The van der Waals surface area contributed by atoms with Crippen LogP contribution in [-0.4, -0.2) is 32.3 Å². The molecule has 0 bridgehead atoms. The summed E-state index contributed by atoms with van der Waals surface area (Å²) in [5.41, 5.74) is 6.85. The van der Waals surface area contributed by atoms with Gasteiger partial charge >= 0.3 is 0 Å². The Labute approximate surface area is 84.5 Å². The first-order valence-electron chi connectivity index (χ1n) is 5.02. The zero-order chi connectivity index (χ0) is 9.80. The minimum atomic E-state index is 0.184. The van der Waals surface area contributed by atoms with E-state index in [1.54, 1.807) is 0 Å². The Hall–Kier alpha value is -1.06. The standard InChI is InChI=1S/C11H16N2O/c12-8-11-9-13(6-7-14-11)10-4-2-1-3-5-10/h1-5,11H,6-9,12H2/t11-/m0/s1. The number of hydrogen-bond acceptors (Lipinski definition) is 3. The van der Waals surface area contributed by atoms with Gasteiger partial charge in [0, 0.05) is 25.3 Å². The quantitative estimate of drug-likeness (QED) is 0.755. The monoisotopic (exact) mass is 192 g/mol. The maximum atomic E-state index is 5.59. The van der Waals surface area contributed by atoms with E-state index in [0.29, 0.717) is 6.54 Å². The molecule has 1 aromatic rings. The van der Waals surface area contributed by atoms with Crippen molar-refractivity contribution in [3.63, 3.8) is 0 Å². The topological polar surface area (TPSA) is 38.5 Å². The molecule has 2 N–H and O–H groups in total. The lowest BCUT2D eigenvalue weighted by Crippen LogP contribution is -2.45. The van der Waals surface area contributed by atoms with Crippen LogP contribution in [0.1, 0.15) is 0 Å². The molecule has 0 aromatic heterocycles. The molecule has 1 aliphatic rings. The summed E-state index contributed by atoms with van der Waals surface area (Å²) < 4.78 is 5.51. The van der Waals surface area contributed by atoms with Crippen molar-refractivity contribution in [2.24, 2.45) is 5.73 Å². The van der Waals surface area contributed by atoms with Crippen LogP contribution < -0.4 is 10.6 Å². The molecule has 3 nitrogen and oxygen atoms in total. The van der Waals surface area contributed by atoms with Crippen LogP contribution in [0, 0.1) is 0 Å². The largest absolute Gasteiger partial charge is 0.373 e. The van der Waals surface area contributed by atoms with Crippen LogP contribution in [-0.2, 0) is 4.74 Å². The second kappa shape index (κ2) is 4.44. The summed E-state index contributed by atoms with van der Waals surface area (Å²) in [4.78, 5) is 2.32. The number of rotatable bonds is 2. The summed E-state index contributed by atoms with van der Waals surface area (Å²) in [6.07, 6.45) is 0.184. The van der Waals surface area contributed by atoms with E-state index >= 15 is 0 Å². The molecule has 1 aliphatic heterocycles. The van der Waals surface area contributed by atoms with Gasteiger partial charge in [-0.3, -0.25) is 0 Å². The Morgan fingerprint density at radius 2 is 2.14 bits per heavy atom. The third kappa shape index (κ3) is 2.05. The molecule has 1 heterocycles.